The van der Waals surface area contributed by atoms with Crippen LogP contribution in [0.3, 0.4) is 0 Å². The average Bonchev–Trinajstić information content (AvgIpc) is 2.88. The molecule has 3 atom stereocenters. The van der Waals surface area contributed by atoms with Crippen molar-refractivity contribution in [3.63, 3.8) is 0 Å². The second-order valence-electron chi connectivity index (χ2n) is 5.10. The van der Waals surface area contributed by atoms with Crippen LogP contribution in [0.1, 0.15) is 37.9 Å². The predicted molar refractivity (Wildman–Crippen MR) is 78.7 cm³/mol. The van der Waals surface area contributed by atoms with Gasteiger partial charge >= 0.3 is 5.97 Å². The van der Waals surface area contributed by atoms with Crippen molar-refractivity contribution in [1.29, 1.82) is 0 Å². The van der Waals surface area contributed by atoms with E-state index in [1.165, 1.54) is 0 Å². The van der Waals surface area contributed by atoms with E-state index in [4.69, 9.17) is 4.74 Å². The Balaban J connectivity index is 2.20. The van der Waals surface area contributed by atoms with Crippen LogP contribution >= 0.6 is 15.9 Å². The second kappa shape index (κ2) is 6.59. The minimum Gasteiger partial charge on any atom is -0.494 e. The largest absolute Gasteiger partial charge is 0.494 e. The summed E-state index contributed by atoms with van der Waals surface area (Å²) in [6, 6.07) is 5.42. The standard InChI is InChI=1S/C15H19BrO4/c1-2-20-9-6-7-12(13(16)8-9)14(17)10-4-3-5-11(10)15(18)19/h6-8,10-11,14,17H,2-5H2,1H3,(H,18,19). The quantitative estimate of drug-likeness (QED) is 0.860. The van der Waals surface area contributed by atoms with Gasteiger partial charge in [0.2, 0.25) is 0 Å². The van der Waals surface area contributed by atoms with Crippen molar-refractivity contribution in [3.8, 4) is 5.75 Å². The molecule has 3 unspecified atom stereocenters. The minimum absolute atomic E-state index is 0.221. The molecule has 20 heavy (non-hydrogen) atoms. The molecule has 0 aliphatic heterocycles. The molecule has 1 aliphatic rings. The molecule has 0 radical (unpaired) electrons. The maximum absolute atomic E-state index is 11.2. The fourth-order valence-electron chi connectivity index (χ4n) is 2.91. The zero-order chi connectivity index (χ0) is 14.7. The Labute approximate surface area is 126 Å². The van der Waals surface area contributed by atoms with Crippen molar-refractivity contribution >= 4 is 21.9 Å². The number of aliphatic carboxylic acids is 1. The number of carboxylic acid groups (broad SMARTS) is 1. The van der Waals surface area contributed by atoms with E-state index in [1.807, 2.05) is 13.0 Å². The lowest BCUT2D eigenvalue weighted by atomic mass is 9.87. The van der Waals surface area contributed by atoms with Gasteiger partial charge < -0.3 is 14.9 Å². The number of hydrogen-bond acceptors (Lipinski definition) is 3. The Morgan fingerprint density at radius 1 is 1.50 bits per heavy atom. The van der Waals surface area contributed by atoms with Gasteiger partial charge in [0.1, 0.15) is 5.75 Å². The van der Waals surface area contributed by atoms with Gasteiger partial charge in [-0.1, -0.05) is 28.4 Å². The van der Waals surface area contributed by atoms with Crippen molar-refractivity contribution in [1.82, 2.24) is 0 Å². The van der Waals surface area contributed by atoms with E-state index in [2.05, 4.69) is 15.9 Å². The zero-order valence-corrected chi connectivity index (χ0v) is 13.0. The van der Waals surface area contributed by atoms with Gasteiger partial charge in [0, 0.05) is 10.4 Å². The summed E-state index contributed by atoms with van der Waals surface area (Å²) in [5, 5.41) is 19.7. The highest BCUT2D eigenvalue weighted by Gasteiger charge is 2.38. The highest BCUT2D eigenvalue weighted by Crippen LogP contribution is 2.42. The van der Waals surface area contributed by atoms with E-state index in [0.29, 0.717) is 13.0 Å². The van der Waals surface area contributed by atoms with Crippen molar-refractivity contribution < 1.29 is 19.7 Å². The van der Waals surface area contributed by atoms with Crippen LogP contribution < -0.4 is 4.74 Å². The van der Waals surface area contributed by atoms with Gasteiger partial charge in [-0.25, -0.2) is 0 Å². The fourth-order valence-corrected chi connectivity index (χ4v) is 3.50. The lowest BCUT2D eigenvalue weighted by Crippen LogP contribution is -2.24. The van der Waals surface area contributed by atoms with Crippen LogP contribution in [0.25, 0.3) is 0 Å². The average molecular weight is 343 g/mol. The third-order valence-electron chi connectivity index (χ3n) is 3.89. The van der Waals surface area contributed by atoms with E-state index < -0.39 is 18.0 Å². The summed E-state index contributed by atoms with van der Waals surface area (Å²) in [5.41, 5.74) is 0.728. The van der Waals surface area contributed by atoms with Crippen LogP contribution in [0.2, 0.25) is 0 Å². The first kappa shape index (κ1) is 15.3. The highest BCUT2D eigenvalue weighted by molar-refractivity contribution is 9.10. The molecule has 0 heterocycles. The number of aliphatic hydroxyl groups is 1. The zero-order valence-electron chi connectivity index (χ0n) is 11.4. The van der Waals surface area contributed by atoms with Gasteiger partial charge in [0.15, 0.2) is 0 Å². The monoisotopic (exact) mass is 342 g/mol. The molecule has 0 aromatic heterocycles. The molecule has 2 rings (SSSR count). The molecule has 0 bridgehead atoms. The first-order valence-corrected chi connectivity index (χ1v) is 7.67. The smallest absolute Gasteiger partial charge is 0.306 e. The van der Waals surface area contributed by atoms with E-state index in [0.717, 1.165) is 28.6 Å². The third-order valence-corrected chi connectivity index (χ3v) is 4.58. The lowest BCUT2D eigenvalue weighted by molar-refractivity contribution is -0.144. The second-order valence-corrected chi connectivity index (χ2v) is 5.95. The van der Waals surface area contributed by atoms with E-state index in [9.17, 15) is 15.0 Å². The topological polar surface area (TPSA) is 66.8 Å². The summed E-state index contributed by atoms with van der Waals surface area (Å²) in [4.78, 5) is 11.2. The number of hydrogen-bond donors (Lipinski definition) is 2. The van der Waals surface area contributed by atoms with Crippen LogP contribution in [-0.4, -0.2) is 22.8 Å². The number of halogens is 1. The molecule has 2 N–H and O–H groups in total. The summed E-state index contributed by atoms with van der Waals surface area (Å²) >= 11 is 3.43. The fraction of sp³-hybridized carbons (Fsp3) is 0.533. The molecule has 0 spiro atoms. The van der Waals surface area contributed by atoms with Crippen LogP contribution in [0.15, 0.2) is 22.7 Å². The molecule has 1 fully saturated rings. The first-order chi connectivity index (χ1) is 9.54. The summed E-state index contributed by atoms with van der Waals surface area (Å²) in [5.74, 6) is -0.754. The van der Waals surface area contributed by atoms with Gasteiger partial charge in [0.25, 0.3) is 0 Å². The Bertz CT molecular complexity index is 489. The number of carbonyl (C=O) groups is 1. The molecule has 0 amide bonds. The molecule has 4 nitrogen and oxygen atoms in total. The van der Waals surface area contributed by atoms with E-state index in [1.54, 1.807) is 12.1 Å². The molecule has 1 aromatic rings. The normalized spacial score (nSPS) is 23.6. The molecule has 5 heteroatoms. The van der Waals surface area contributed by atoms with E-state index >= 15 is 0 Å². The molecule has 0 saturated heterocycles. The van der Waals surface area contributed by atoms with Gasteiger partial charge in [0.05, 0.1) is 18.6 Å². The van der Waals surface area contributed by atoms with E-state index in [-0.39, 0.29) is 5.92 Å². The van der Waals surface area contributed by atoms with Crippen LogP contribution in [-0.2, 0) is 4.79 Å². The number of ether oxygens (including phenoxy) is 1. The Hall–Kier alpha value is -1.07. The Kier molecular flexibility index (Phi) is 5.05. The number of aliphatic hydroxyl groups excluding tert-OH is 1. The highest BCUT2D eigenvalue weighted by atomic mass is 79.9. The van der Waals surface area contributed by atoms with Crippen molar-refractivity contribution in [3.05, 3.63) is 28.2 Å². The maximum Gasteiger partial charge on any atom is 0.306 e. The van der Waals surface area contributed by atoms with Gasteiger partial charge in [-0.3, -0.25) is 4.79 Å². The summed E-state index contributed by atoms with van der Waals surface area (Å²) in [7, 11) is 0. The van der Waals surface area contributed by atoms with Gasteiger partial charge in [-0.15, -0.1) is 0 Å². The SMILES string of the molecule is CCOc1ccc(C(O)C2CCCC2C(=O)O)c(Br)c1. The summed E-state index contributed by atoms with van der Waals surface area (Å²) < 4.78 is 6.16. The molecular formula is C15H19BrO4. The van der Waals surface area contributed by atoms with Crippen LogP contribution in [0.4, 0.5) is 0 Å². The molecule has 1 saturated carbocycles. The van der Waals surface area contributed by atoms with Crippen molar-refractivity contribution in [2.45, 2.75) is 32.3 Å². The van der Waals surface area contributed by atoms with Crippen molar-refractivity contribution in [2.75, 3.05) is 6.61 Å². The lowest BCUT2D eigenvalue weighted by Gasteiger charge is -2.23. The summed E-state index contributed by atoms with van der Waals surface area (Å²) in [6.45, 7) is 2.49. The predicted octanol–water partition coefficient (Wildman–Crippen LogP) is 3.38. The van der Waals surface area contributed by atoms with Gasteiger partial charge in [-0.05, 0) is 37.5 Å². The first-order valence-electron chi connectivity index (χ1n) is 6.87. The summed E-state index contributed by atoms with van der Waals surface area (Å²) in [6.07, 6.45) is 1.49. The molecular weight excluding hydrogens is 324 g/mol. The maximum atomic E-state index is 11.2. The number of benzene rings is 1. The Morgan fingerprint density at radius 3 is 2.85 bits per heavy atom. The third kappa shape index (κ3) is 3.15. The molecule has 110 valence electrons. The molecule has 1 aliphatic carbocycles. The van der Waals surface area contributed by atoms with Crippen molar-refractivity contribution in [2.24, 2.45) is 11.8 Å². The van der Waals surface area contributed by atoms with Crippen LogP contribution in [0, 0.1) is 11.8 Å². The molecule has 1 aromatic carbocycles. The van der Waals surface area contributed by atoms with Crippen LogP contribution in [0.5, 0.6) is 5.75 Å². The van der Waals surface area contributed by atoms with Gasteiger partial charge in [-0.2, -0.15) is 0 Å². The Morgan fingerprint density at radius 2 is 2.25 bits per heavy atom. The minimum atomic E-state index is -0.811. The number of rotatable bonds is 5. The number of carboxylic acids is 1.